The van der Waals surface area contributed by atoms with Gasteiger partial charge in [0.05, 0.1) is 15.9 Å². The summed E-state index contributed by atoms with van der Waals surface area (Å²) in [5.41, 5.74) is 1.26. The Morgan fingerprint density at radius 1 is 1.09 bits per heavy atom. The molecule has 0 aliphatic carbocycles. The third-order valence-corrected chi connectivity index (χ3v) is 3.32. The zero-order valence-electron chi connectivity index (χ0n) is 11.2. The minimum absolute atomic E-state index is 0.0513. The number of hydrogen-bond donors (Lipinski definition) is 0. The summed E-state index contributed by atoms with van der Waals surface area (Å²) in [6.07, 6.45) is 1.96. The van der Waals surface area contributed by atoms with E-state index < -0.39 is 4.92 Å². The van der Waals surface area contributed by atoms with Gasteiger partial charge in [0.1, 0.15) is 18.1 Å². The molecule has 0 fully saturated rings. The smallest absolute Gasteiger partial charge is 0.269 e. The fraction of sp³-hybridized carbons (Fsp3) is 0. The second-order valence-electron chi connectivity index (χ2n) is 4.66. The van der Waals surface area contributed by atoms with Gasteiger partial charge in [-0.15, -0.1) is 0 Å². The molecule has 6 nitrogen and oxygen atoms in total. The minimum atomic E-state index is -0.506. The molecular weight excluding hydrogens is 286 g/mol. The number of carbonyl (C=O) groups is 1. The Morgan fingerprint density at radius 3 is 2.45 bits per heavy atom. The van der Waals surface area contributed by atoms with Crippen LogP contribution in [0.1, 0.15) is 10.4 Å². The molecule has 2 aromatic carbocycles. The van der Waals surface area contributed by atoms with Crippen molar-refractivity contribution in [3.8, 4) is 11.1 Å². The van der Waals surface area contributed by atoms with E-state index >= 15 is 0 Å². The van der Waals surface area contributed by atoms with Crippen LogP contribution in [-0.2, 0) is 0 Å². The Bertz CT molecular complexity index is 941. The molecule has 0 saturated heterocycles. The standard InChI is InChI=1S/C16H9NO5/c18-8-10-1-6-13-15(7-10)22-9-14(16(13)19)11-2-4-12(5-3-11)17(20)21/h1-9H. The van der Waals surface area contributed by atoms with Crippen molar-refractivity contribution in [2.45, 2.75) is 0 Å². The first-order valence-corrected chi connectivity index (χ1v) is 6.36. The SMILES string of the molecule is O=Cc1ccc2c(=O)c(-c3ccc([N+](=O)[O-])cc3)coc2c1. The summed E-state index contributed by atoms with van der Waals surface area (Å²) in [7, 11) is 0. The largest absolute Gasteiger partial charge is 0.463 e. The van der Waals surface area contributed by atoms with Crippen LogP contribution in [0.15, 0.2) is 57.9 Å². The molecule has 6 heteroatoms. The predicted octanol–water partition coefficient (Wildman–Crippen LogP) is 3.18. The molecule has 0 unspecified atom stereocenters. The summed E-state index contributed by atoms with van der Waals surface area (Å²) in [6, 6.07) is 10.2. The van der Waals surface area contributed by atoms with E-state index in [9.17, 15) is 19.7 Å². The van der Waals surface area contributed by atoms with Crippen LogP contribution in [0.5, 0.6) is 0 Å². The predicted molar refractivity (Wildman–Crippen MR) is 80.0 cm³/mol. The topological polar surface area (TPSA) is 90.4 Å². The lowest BCUT2D eigenvalue weighted by Crippen LogP contribution is -2.05. The number of nitro groups is 1. The van der Waals surface area contributed by atoms with Crippen LogP contribution in [0.4, 0.5) is 5.69 Å². The van der Waals surface area contributed by atoms with Gasteiger partial charge in [-0.3, -0.25) is 19.7 Å². The number of benzene rings is 2. The highest BCUT2D eigenvalue weighted by molar-refractivity contribution is 5.87. The summed E-state index contributed by atoms with van der Waals surface area (Å²) in [5, 5.41) is 11.0. The van der Waals surface area contributed by atoms with E-state index in [1.54, 1.807) is 0 Å². The van der Waals surface area contributed by atoms with E-state index in [-0.39, 0.29) is 11.1 Å². The first-order valence-electron chi connectivity index (χ1n) is 6.36. The highest BCUT2D eigenvalue weighted by Gasteiger charge is 2.11. The van der Waals surface area contributed by atoms with Gasteiger partial charge in [-0.1, -0.05) is 6.07 Å². The molecule has 0 spiro atoms. The highest BCUT2D eigenvalue weighted by atomic mass is 16.6. The third kappa shape index (κ3) is 2.26. The first kappa shape index (κ1) is 13.7. The molecule has 1 aromatic heterocycles. The van der Waals surface area contributed by atoms with Gasteiger partial charge in [-0.2, -0.15) is 0 Å². The molecule has 108 valence electrons. The van der Waals surface area contributed by atoms with Crippen LogP contribution in [-0.4, -0.2) is 11.2 Å². The van der Waals surface area contributed by atoms with Crippen LogP contribution in [0, 0.1) is 10.1 Å². The van der Waals surface area contributed by atoms with Gasteiger partial charge in [0.2, 0.25) is 0 Å². The molecule has 0 bridgehead atoms. The van der Waals surface area contributed by atoms with Crippen molar-refractivity contribution in [2.75, 3.05) is 0 Å². The second-order valence-corrected chi connectivity index (χ2v) is 4.66. The second kappa shape index (κ2) is 5.25. The van der Waals surface area contributed by atoms with Crippen LogP contribution < -0.4 is 5.43 Å². The Labute approximate surface area is 123 Å². The Kier molecular flexibility index (Phi) is 3.27. The van der Waals surface area contributed by atoms with Gasteiger partial charge in [-0.25, -0.2) is 0 Å². The molecule has 3 aromatic rings. The third-order valence-electron chi connectivity index (χ3n) is 3.32. The number of nitro benzene ring substituents is 1. The quantitative estimate of drug-likeness (QED) is 0.420. The molecule has 0 saturated carbocycles. The number of non-ortho nitro benzene ring substituents is 1. The number of aldehydes is 1. The monoisotopic (exact) mass is 295 g/mol. The summed E-state index contributed by atoms with van der Waals surface area (Å²) in [4.78, 5) is 33.3. The van der Waals surface area contributed by atoms with Crippen LogP contribution >= 0.6 is 0 Å². The molecule has 0 N–H and O–H groups in total. The molecule has 0 radical (unpaired) electrons. The van der Waals surface area contributed by atoms with Crippen molar-refractivity contribution < 1.29 is 14.1 Å². The van der Waals surface area contributed by atoms with Crippen LogP contribution in [0.2, 0.25) is 0 Å². The first-order chi connectivity index (χ1) is 10.6. The molecule has 22 heavy (non-hydrogen) atoms. The lowest BCUT2D eigenvalue weighted by molar-refractivity contribution is -0.384. The Balaban J connectivity index is 2.15. The molecular formula is C16H9NO5. The van der Waals surface area contributed by atoms with E-state index in [4.69, 9.17) is 4.42 Å². The van der Waals surface area contributed by atoms with E-state index in [1.165, 1.54) is 48.7 Å². The van der Waals surface area contributed by atoms with Gasteiger partial charge >= 0.3 is 0 Å². The lowest BCUT2D eigenvalue weighted by Gasteiger charge is -2.03. The maximum absolute atomic E-state index is 12.5. The van der Waals surface area contributed by atoms with Crippen molar-refractivity contribution in [3.63, 3.8) is 0 Å². The molecule has 0 atom stereocenters. The highest BCUT2D eigenvalue weighted by Crippen LogP contribution is 2.22. The number of hydrogen-bond acceptors (Lipinski definition) is 5. The van der Waals surface area contributed by atoms with Gasteiger partial charge in [0, 0.05) is 17.7 Å². The summed E-state index contributed by atoms with van der Waals surface area (Å²) in [6.45, 7) is 0. The van der Waals surface area contributed by atoms with Crippen molar-refractivity contribution in [1.82, 2.24) is 0 Å². The van der Waals surface area contributed by atoms with E-state index in [1.807, 2.05) is 0 Å². The van der Waals surface area contributed by atoms with Gasteiger partial charge in [0.15, 0.2) is 5.43 Å². The number of rotatable bonds is 3. The van der Waals surface area contributed by atoms with Crippen LogP contribution in [0.25, 0.3) is 22.1 Å². The molecule has 3 rings (SSSR count). The summed E-state index contributed by atoms with van der Waals surface area (Å²) < 4.78 is 5.41. The zero-order valence-corrected chi connectivity index (χ0v) is 11.2. The summed E-state index contributed by atoms with van der Waals surface area (Å²) in [5.74, 6) is 0. The average molecular weight is 295 g/mol. The van der Waals surface area contributed by atoms with E-state index in [0.29, 0.717) is 33.9 Å². The number of carbonyl (C=O) groups excluding carboxylic acids is 1. The van der Waals surface area contributed by atoms with Crippen molar-refractivity contribution in [1.29, 1.82) is 0 Å². The van der Waals surface area contributed by atoms with Crippen molar-refractivity contribution >= 4 is 22.9 Å². The number of fused-ring (bicyclic) bond motifs is 1. The van der Waals surface area contributed by atoms with Crippen molar-refractivity contribution in [3.05, 3.63) is 74.6 Å². The van der Waals surface area contributed by atoms with Gasteiger partial charge in [0.25, 0.3) is 5.69 Å². The van der Waals surface area contributed by atoms with Crippen LogP contribution in [0.3, 0.4) is 0 Å². The Morgan fingerprint density at radius 2 is 1.82 bits per heavy atom. The van der Waals surface area contributed by atoms with E-state index in [2.05, 4.69) is 0 Å². The maximum atomic E-state index is 12.5. The fourth-order valence-electron chi connectivity index (χ4n) is 2.18. The molecule has 0 aliphatic heterocycles. The Hall–Kier alpha value is -3.28. The average Bonchev–Trinajstić information content (AvgIpc) is 2.55. The molecule has 1 heterocycles. The van der Waals surface area contributed by atoms with Crippen molar-refractivity contribution in [2.24, 2.45) is 0 Å². The summed E-state index contributed by atoms with van der Waals surface area (Å²) >= 11 is 0. The van der Waals surface area contributed by atoms with Gasteiger partial charge in [-0.05, 0) is 29.8 Å². The van der Waals surface area contributed by atoms with Gasteiger partial charge < -0.3 is 4.42 Å². The fourth-order valence-corrected chi connectivity index (χ4v) is 2.18. The molecule has 0 aliphatic rings. The minimum Gasteiger partial charge on any atom is -0.463 e. The maximum Gasteiger partial charge on any atom is 0.269 e. The van der Waals surface area contributed by atoms with E-state index in [0.717, 1.165) is 0 Å². The lowest BCUT2D eigenvalue weighted by atomic mass is 10.0. The number of nitrogens with zero attached hydrogens (tertiary/aromatic N) is 1. The zero-order chi connectivity index (χ0) is 15.7. The molecule has 0 amide bonds. The normalized spacial score (nSPS) is 10.5.